The molecule has 1 aromatic carbocycles. The van der Waals surface area contributed by atoms with Crippen LogP contribution in [0.1, 0.15) is 12.8 Å². The van der Waals surface area contributed by atoms with E-state index >= 15 is 0 Å². The summed E-state index contributed by atoms with van der Waals surface area (Å²) in [6.07, 6.45) is 0. The van der Waals surface area contributed by atoms with Crippen molar-refractivity contribution < 1.29 is 9.26 Å². The highest BCUT2D eigenvalue weighted by molar-refractivity contribution is 14.0. The summed E-state index contributed by atoms with van der Waals surface area (Å²) in [4.78, 5) is 8.41. The Labute approximate surface area is 156 Å². The molecular weight excluding hydrogens is 433 g/mol. The highest BCUT2D eigenvalue weighted by Gasteiger charge is 2.08. The van der Waals surface area contributed by atoms with Crippen LogP contribution in [0.2, 0.25) is 5.02 Å². The second-order valence-corrected chi connectivity index (χ2v) is 5.16. The number of nitrogens with two attached hydrogens (primary N) is 1. The lowest BCUT2D eigenvalue weighted by Gasteiger charge is -2.12. The summed E-state index contributed by atoms with van der Waals surface area (Å²) in [5, 5.41) is 7.55. The lowest BCUT2D eigenvalue weighted by molar-refractivity contribution is 0.179. The van der Waals surface area contributed by atoms with Crippen molar-refractivity contribution in [3.63, 3.8) is 0 Å². The summed E-state index contributed by atoms with van der Waals surface area (Å²) < 4.78 is 10.1. The monoisotopic (exact) mass is 451 g/mol. The molecule has 0 amide bonds. The standard InChI is InChI=1S/C14H18ClN5O2.HI/c1-9(8-21-2)18-14(16)17-7-12-19-13(20-22-12)10-3-5-11(15)6-4-10;/h3-6,9H,7-8H2,1-2H3,(H3,16,17,18);1H. The van der Waals surface area contributed by atoms with Crippen LogP contribution in [0.4, 0.5) is 0 Å². The molecule has 1 heterocycles. The molecule has 9 heteroatoms. The molecule has 2 rings (SSSR count). The molecule has 0 saturated heterocycles. The Morgan fingerprint density at radius 2 is 2.13 bits per heavy atom. The van der Waals surface area contributed by atoms with E-state index in [-0.39, 0.29) is 36.6 Å². The highest BCUT2D eigenvalue weighted by Crippen LogP contribution is 2.18. The van der Waals surface area contributed by atoms with Crippen molar-refractivity contribution in [1.29, 1.82) is 0 Å². The normalized spacial score (nSPS) is 12.6. The van der Waals surface area contributed by atoms with E-state index in [0.717, 1.165) is 5.56 Å². The first kappa shape index (κ1) is 19.7. The molecule has 3 N–H and O–H groups in total. The zero-order chi connectivity index (χ0) is 15.9. The fourth-order valence-electron chi connectivity index (χ4n) is 1.78. The highest BCUT2D eigenvalue weighted by atomic mass is 127. The van der Waals surface area contributed by atoms with Gasteiger partial charge in [0.2, 0.25) is 11.7 Å². The molecule has 1 atom stereocenters. The maximum Gasteiger partial charge on any atom is 0.248 e. The number of hydrogen-bond donors (Lipinski definition) is 2. The Hall–Kier alpha value is -1.39. The van der Waals surface area contributed by atoms with Gasteiger partial charge in [-0.2, -0.15) is 4.98 Å². The second-order valence-electron chi connectivity index (χ2n) is 4.72. The predicted octanol–water partition coefficient (Wildman–Crippen LogP) is 2.45. The number of ether oxygens (including phenoxy) is 1. The average molecular weight is 452 g/mol. The van der Waals surface area contributed by atoms with E-state index in [0.29, 0.717) is 29.3 Å². The fourth-order valence-corrected chi connectivity index (χ4v) is 1.90. The maximum atomic E-state index is 5.84. The van der Waals surface area contributed by atoms with Gasteiger partial charge in [-0.3, -0.25) is 0 Å². The van der Waals surface area contributed by atoms with Gasteiger partial charge >= 0.3 is 0 Å². The van der Waals surface area contributed by atoms with Crippen LogP contribution in [0.5, 0.6) is 0 Å². The predicted molar refractivity (Wildman–Crippen MR) is 100.0 cm³/mol. The molecule has 0 spiro atoms. The van der Waals surface area contributed by atoms with Crippen molar-refractivity contribution in [1.82, 2.24) is 15.5 Å². The van der Waals surface area contributed by atoms with Crippen LogP contribution in [-0.4, -0.2) is 35.9 Å². The zero-order valence-electron chi connectivity index (χ0n) is 12.8. The first-order valence-corrected chi connectivity index (χ1v) is 7.10. The van der Waals surface area contributed by atoms with Crippen LogP contribution in [0, 0.1) is 0 Å². The number of nitrogens with zero attached hydrogens (tertiary/aromatic N) is 3. The second kappa shape index (κ2) is 9.68. The minimum absolute atomic E-state index is 0. The van der Waals surface area contributed by atoms with Crippen LogP contribution in [0.3, 0.4) is 0 Å². The van der Waals surface area contributed by atoms with Crippen molar-refractivity contribution >= 4 is 41.5 Å². The minimum Gasteiger partial charge on any atom is -0.383 e. The molecule has 1 unspecified atom stereocenters. The summed E-state index contributed by atoms with van der Waals surface area (Å²) in [6.45, 7) is 2.69. The van der Waals surface area contributed by atoms with Crippen molar-refractivity contribution in [3.05, 3.63) is 35.2 Å². The Morgan fingerprint density at radius 1 is 1.43 bits per heavy atom. The van der Waals surface area contributed by atoms with Gasteiger partial charge in [-0.15, -0.1) is 24.0 Å². The van der Waals surface area contributed by atoms with Gasteiger partial charge in [-0.25, -0.2) is 4.99 Å². The summed E-state index contributed by atoms with van der Waals surface area (Å²) in [5.41, 5.74) is 6.59. The van der Waals surface area contributed by atoms with E-state index in [1.807, 2.05) is 19.1 Å². The zero-order valence-corrected chi connectivity index (χ0v) is 15.9. The van der Waals surface area contributed by atoms with E-state index in [2.05, 4.69) is 20.4 Å². The summed E-state index contributed by atoms with van der Waals surface area (Å²) >= 11 is 5.84. The summed E-state index contributed by atoms with van der Waals surface area (Å²) in [6, 6.07) is 7.25. The number of methoxy groups -OCH3 is 1. The molecule has 126 valence electrons. The van der Waals surface area contributed by atoms with Crippen LogP contribution in [0.25, 0.3) is 11.4 Å². The molecule has 23 heavy (non-hydrogen) atoms. The molecule has 1 aromatic heterocycles. The molecule has 7 nitrogen and oxygen atoms in total. The molecule has 2 aromatic rings. The van der Waals surface area contributed by atoms with E-state index in [4.69, 9.17) is 26.6 Å². The van der Waals surface area contributed by atoms with Gasteiger partial charge in [0.1, 0.15) is 6.54 Å². The third-order valence-electron chi connectivity index (χ3n) is 2.77. The van der Waals surface area contributed by atoms with Gasteiger partial charge < -0.3 is 20.3 Å². The Kier molecular flexibility index (Phi) is 8.28. The number of guanidine groups is 1. The SMILES string of the molecule is COCC(C)NC(N)=NCc1nc(-c2ccc(Cl)cc2)no1.I. The number of benzene rings is 1. The topological polar surface area (TPSA) is 98.6 Å². The number of halogens is 2. The van der Waals surface area contributed by atoms with Gasteiger partial charge in [0.15, 0.2) is 5.96 Å². The molecule has 0 aliphatic carbocycles. The van der Waals surface area contributed by atoms with Crippen LogP contribution in [0.15, 0.2) is 33.8 Å². The molecular formula is C14H19ClIN5O2. The number of hydrogen-bond acceptors (Lipinski definition) is 5. The Balaban J connectivity index is 0.00000264. The largest absolute Gasteiger partial charge is 0.383 e. The first-order valence-electron chi connectivity index (χ1n) is 6.72. The number of aromatic nitrogens is 2. The molecule has 0 bridgehead atoms. The maximum absolute atomic E-state index is 5.84. The summed E-state index contributed by atoms with van der Waals surface area (Å²) in [7, 11) is 1.63. The van der Waals surface area contributed by atoms with E-state index in [1.165, 1.54) is 0 Å². The van der Waals surface area contributed by atoms with Gasteiger partial charge in [-0.1, -0.05) is 16.8 Å². The van der Waals surface area contributed by atoms with Crippen molar-refractivity contribution in [2.24, 2.45) is 10.7 Å². The average Bonchev–Trinajstić information content (AvgIpc) is 2.95. The lowest BCUT2D eigenvalue weighted by Crippen LogP contribution is -2.40. The van der Waals surface area contributed by atoms with Crippen LogP contribution < -0.4 is 11.1 Å². The van der Waals surface area contributed by atoms with Crippen molar-refractivity contribution in [3.8, 4) is 11.4 Å². The molecule has 0 aliphatic rings. The van der Waals surface area contributed by atoms with Crippen molar-refractivity contribution in [2.45, 2.75) is 19.5 Å². The molecule has 0 fully saturated rings. The fraction of sp³-hybridized carbons (Fsp3) is 0.357. The first-order chi connectivity index (χ1) is 10.6. The van der Waals surface area contributed by atoms with Gasteiger partial charge in [0, 0.05) is 23.7 Å². The molecule has 0 aliphatic heterocycles. The smallest absolute Gasteiger partial charge is 0.248 e. The van der Waals surface area contributed by atoms with Crippen LogP contribution in [-0.2, 0) is 11.3 Å². The van der Waals surface area contributed by atoms with Crippen molar-refractivity contribution in [2.75, 3.05) is 13.7 Å². The Morgan fingerprint density at radius 3 is 2.78 bits per heavy atom. The molecule has 0 radical (unpaired) electrons. The van der Waals surface area contributed by atoms with Gasteiger partial charge in [0.05, 0.1) is 6.61 Å². The number of nitrogens with one attached hydrogen (secondary N) is 1. The molecule has 0 saturated carbocycles. The van der Waals surface area contributed by atoms with E-state index in [1.54, 1.807) is 19.2 Å². The quantitative estimate of drug-likeness (QED) is 0.398. The third-order valence-corrected chi connectivity index (χ3v) is 3.02. The van der Waals surface area contributed by atoms with E-state index in [9.17, 15) is 0 Å². The number of rotatable bonds is 6. The van der Waals surface area contributed by atoms with Gasteiger partial charge in [0.25, 0.3) is 0 Å². The van der Waals surface area contributed by atoms with Crippen LogP contribution >= 0.6 is 35.6 Å². The number of aliphatic imine (C=N–C) groups is 1. The van der Waals surface area contributed by atoms with Gasteiger partial charge in [-0.05, 0) is 31.2 Å². The lowest BCUT2D eigenvalue weighted by atomic mass is 10.2. The summed E-state index contributed by atoms with van der Waals surface area (Å²) in [5.74, 6) is 1.17. The Bertz CT molecular complexity index is 632. The van der Waals surface area contributed by atoms with E-state index < -0.39 is 0 Å². The third kappa shape index (κ3) is 6.32. The minimum atomic E-state index is 0.